The van der Waals surface area contributed by atoms with Crippen molar-refractivity contribution in [2.75, 3.05) is 13.6 Å². The first-order chi connectivity index (χ1) is 9.12. The summed E-state index contributed by atoms with van der Waals surface area (Å²) in [5, 5.41) is 9.10. The molecule has 0 heterocycles. The molecule has 0 fully saturated rings. The first-order valence-electron chi connectivity index (χ1n) is 5.93. The first kappa shape index (κ1) is 16.4. The maximum absolute atomic E-state index is 13.1. The van der Waals surface area contributed by atoms with Crippen LogP contribution in [0.25, 0.3) is 0 Å². The molecule has 112 valence electrons. The van der Waals surface area contributed by atoms with Crippen molar-refractivity contribution in [3.05, 3.63) is 35.1 Å². The van der Waals surface area contributed by atoms with E-state index in [0.717, 1.165) is 6.07 Å². The number of hydrogen-bond acceptors (Lipinski definition) is 2. The predicted octanol–water partition coefficient (Wildman–Crippen LogP) is 2.69. The lowest BCUT2D eigenvalue weighted by atomic mass is 10.1. The van der Waals surface area contributed by atoms with E-state index in [0.29, 0.717) is 18.6 Å². The topological polar surface area (TPSA) is 40.5 Å². The molecule has 0 aliphatic carbocycles. The lowest BCUT2D eigenvalue weighted by molar-refractivity contribution is -0.140. The summed E-state index contributed by atoms with van der Waals surface area (Å²) in [5.41, 5.74) is -1.71. The molecule has 20 heavy (non-hydrogen) atoms. The van der Waals surface area contributed by atoms with E-state index in [4.69, 9.17) is 5.11 Å². The number of carbonyl (C=O) groups excluding carboxylic acids is 1. The van der Waals surface area contributed by atoms with Gasteiger partial charge in [-0.15, -0.1) is 0 Å². The van der Waals surface area contributed by atoms with Gasteiger partial charge in [-0.25, -0.2) is 4.39 Å². The molecule has 1 N–H and O–H groups in total. The van der Waals surface area contributed by atoms with Gasteiger partial charge in [-0.2, -0.15) is 13.2 Å². The summed E-state index contributed by atoms with van der Waals surface area (Å²) in [6.45, 7) is 1.73. The maximum atomic E-state index is 13.1. The van der Waals surface area contributed by atoms with Gasteiger partial charge < -0.3 is 10.0 Å². The Morgan fingerprint density at radius 3 is 2.50 bits per heavy atom. The molecular formula is C13H15F4NO2. The number of alkyl halides is 3. The highest BCUT2D eigenvalue weighted by atomic mass is 19.4. The smallest absolute Gasteiger partial charge is 0.393 e. The summed E-state index contributed by atoms with van der Waals surface area (Å²) in [6.07, 6.45) is -5.17. The quantitative estimate of drug-likeness (QED) is 0.867. The molecule has 1 rings (SSSR count). The highest BCUT2D eigenvalue weighted by Gasteiger charge is 2.34. The Balaban J connectivity index is 2.94. The Labute approximate surface area is 113 Å². The number of benzene rings is 1. The summed E-state index contributed by atoms with van der Waals surface area (Å²) in [6, 6.07) is 2.13. The zero-order valence-corrected chi connectivity index (χ0v) is 11.0. The first-order valence-corrected chi connectivity index (χ1v) is 5.93. The highest BCUT2D eigenvalue weighted by molar-refractivity contribution is 5.94. The maximum Gasteiger partial charge on any atom is 0.419 e. The van der Waals surface area contributed by atoms with Crippen molar-refractivity contribution in [2.45, 2.75) is 25.6 Å². The molecule has 3 nitrogen and oxygen atoms in total. The molecule has 7 heteroatoms. The van der Waals surface area contributed by atoms with Gasteiger partial charge >= 0.3 is 6.18 Å². The van der Waals surface area contributed by atoms with Crippen molar-refractivity contribution < 1.29 is 27.5 Å². The molecule has 1 aromatic rings. The van der Waals surface area contributed by atoms with E-state index in [1.165, 1.54) is 18.9 Å². The van der Waals surface area contributed by atoms with Crippen molar-refractivity contribution in [3.63, 3.8) is 0 Å². The third kappa shape index (κ3) is 4.19. The Morgan fingerprint density at radius 2 is 2.00 bits per heavy atom. The van der Waals surface area contributed by atoms with Crippen LogP contribution >= 0.6 is 0 Å². The van der Waals surface area contributed by atoms with Crippen LogP contribution in [-0.4, -0.2) is 35.6 Å². The summed E-state index contributed by atoms with van der Waals surface area (Å²) in [5.74, 6) is -2.07. The third-order valence-corrected chi connectivity index (χ3v) is 2.75. The van der Waals surface area contributed by atoms with Crippen LogP contribution in [0, 0.1) is 5.82 Å². The largest absolute Gasteiger partial charge is 0.419 e. The molecule has 1 amide bonds. The Kier molecular flexibility index (Phi) is 5.10. The standard InChI is InChI=1S/C13H15F4NO2/c1-8(19)5-6-18(2)12(20)9-3-4-11(14)10(7-9)13(15,16)17/h3-4,7-8,19H,5-6H2,1-2H3. The zero-order chi connectivity index (χ0) is 15.5. The average Bonchev–Trinajstić information content (AvgIpc) is 2.34. The van der Waals surface area contributed by atoms with Gasteiger partial charge in [0.05, 0.1) is 11.7 Å². The molecular weight excluding hydrogens is 278 g/mol. The summed E-state index contributed by atoms with van der Waals surface area (Å²) >= 11 is 0. The minimum atomic E-state index is -4.85. The molecule has 0 saturated carbocycles. The molecule has 1 atom stereocenters. The highest BCUT2D eigenvalue weighted by Crippen LogP contribution is 2.32. The summed E-state index contributed by atoms with van der Waals surface area (Å²) < 4.78 is 50.8. The van der Waals surface area contributed by atoms with E-state index in [2.05, 4.69) is 0 Å². The minimum absolute atomic E-state index is 0.190. The van der Waals surface area contributed by atoms with Crippen molar-refractivity contribution in [3.8, 4) is 0 Å². The third-order valence-electron chi connectivity index (χ3n) is 2.75. The lowest BCUT2D eigenvalue weighted by Gasteiger charge is -2.19. The fraction of sp³-hybridized carbons (Fsp3) is 0.462. The van der Waals surface area contributed by atoms with Gasteiger partial charge in [-0.05, 0) is 31.5 Å². The molecule has 0 aliphatic heterocycles. The van der Waals surface area contributed by atoms with Gasteiger partial charge in [0.25, 0.3) is 5.91 Å². The van der Waals surface area contributed by atoms with Crippen LogP contribution in [0.4, 0.5) is 17.6 Å². The second-order valence-corrected chi connectivity index (χ2v) is 4.56. The van der Waals surface area contributed by atoms with Crippen LogP contribution in [0.5, 0.6) is 0 Å². The molecule has 0 aromatic heterocycles. The van der Waals surface area contributed by atoms with E-state index in [-0.39, 0.29) is 12.1 Å². The monoisotopic (exact) mass is 293 g/mol. The predicted molar refractivity (Wildman–Crippen MR) is 64.7 cm³/mol. The van der Waals surface area contributed by atoms with Crippen molar-refractivity contribution in [1.29, 1.82) is 0 Å². The number of amides is 1. The molecule has 1 unspecified atom stereocenters. The molecule has 0 bridgehead atoms. The lowest BCUT2D eigenvalue weighted by Crippen LogP contribution is -2.29. The molecule has 1 aromatic carbocycles. The van der Waals surface area contributed by atoms with Crippen LogP contribution < -0.4 is 0 Å². The Morgan fingerprint density at radius 1 is 1.40 bits per heavy atom. The summed E-state index contributed by atoms with van der Waals surface area (Å²) in [4.78, 5) is 13.1. The van der Waals surface area contributed by atoms with Crippen molar-refractivity contribution in [2.24, 2.45) is 0 Å². The SMILES string of the molecule is CC(O)CCN(C)C(=O)c1ccc(F)c(C(F)(F)F)c1. The second-order valence-electron chi connectivity index (χ2n) is 4.56. The molecule has 0 saturated heterocycles. The van der Waals surface area contributed by atoms with Crippen LogP contribution in [-0.2, 0) is 6.18 Å². The molecule has 0 radical (unpaired) electrons. The normalized spacial score (nSPS) is 13.2. The number of halogens is 4. The number of carbonyl (C=O) groups is 1. The van der Waals surface area contributed by atoms with Gasteiger partial charge in [0.2, 0.25) is 0 Å². The summed E-state index contributed by atoms with van der Waals surface area (Å²) in [7, 11) is 1.40. The van der Waals surface area contributed by atoms with Crippen LogP contribution in [0.3, 0.4) is 0 Å². The average molecular weight is 293 g/mol. The van der Waals surface area contributed by atoms with Gasteiger partial charge in [-0.3, -0.25) is 4.79 Å². The van der Waals surface area contributed by atoms with E-state index >= 15 is 0 Å². The minimum Gasteiger partial charge on any atom is -0.393 e. The fourth-order valence-corrected chi connectivity index (χ4v) is 1.58. The van der Waals surface area contributed by atoms with Gasteiger partial charge in [-0.1, -0.05) is 0 Å². The van der Waals surface area contributed by atoms with Gasteiger partial charge in [0, 0.05) is 19.2 Å². The van der Waals surface area contributed by atoms with Crippen molar-refractivity contribution >= 4 is 5.91 Å². The number of aliphatic hydroxyl groups is 1. The zero-order valence-electron chi connectivity index (χ0n) is 11.0. The molecule has 0 aliphatic rings. The van der Waals surface area contributed by atoms with Gasteiger partial charge in [0.15, 0.2) is 0 Å². The van der Waals surface area contributed by atoms with Crippen LogP contribution in [0.2, 0.25) is 0 Å². The number of nitrogens with zero attached hydrogens (tertiary/aromatic N) is 1. The molecule has 0 spiro atoms. The number of aliphatic hydroxyl groups excluding tert-OH is 1. The van der Waals surface area contributed by atoms with Gasteiger partial charge in [0.1, 0.15) is 5.82 Å². The Hall–Kier alpha value is -1.63. The van der Waals surface area contributed by atoms with Crippen molar-refractivity contribution in [1.82, 2.24) is 4.90 Å². The fourth-order valence-electron chi connectivity index (χ4n) is 1.58. The number of rotatable bonds is 4. The van der Waals surface area contributed by atoms with E-state index < -0.39 is 29.6 Å². The van der Waals surface area contributed by atoms with Crippen LogP contribution in [0.1, 0.15) is 29.3 Å². The number of hydrogen-bond donors (Lipinski definition) is 1. The Bertz CT molecular complexity index is 486. The second kappa shape index (κ2) is 6.21. The van der Waals surface area contributed by atoms with Crippen LogP contribution in [0.15, 0.2) is 18.2 Å². The van der Waals surface area contributed by atoms with E-state index in [1.807, 2.05) is 0 Å². The van der Waals surface area contributed by atoms with E-state index in [9.17, 15) is 22.4 Å². The van der Waals surface area contributed by atoms with E-state index in [1.54, 1.807) is 0 Å².